The number of aryl methyl sites for hydroxylation is 1. The Labute approximate surface area is 155 Å². The number of anilines is 1. The van der Waals surface area contributed by atoms with Crippen molar-refractivity contribution in [3.63, 3.8) is 0 Å². The van der Waals surface area contributed by atoms with Crippen LogP contribution in [0.4, 0.5) is 5.69 Å². The molecule has 2 aromatic carbocycles. The summed E-state index contributed by atoms with van der Waals surface area (Å²) in [6.45, 7) is 4.75. The van der Waals surface area contributed by atoms with Gasteiger partial charge in [0.1, 0.15) is 12.4 Å². The number of hydrogen-bond acceptors (Lipinski definition) is 5. The molecule has 0 radical (unpaired) electrons. The average Bonchev–Trinajstić information content (AvgIpc) is 3.12. The molecule has 0 aliphatic heterocycles. The lowest BCUT2D eigenvalue weighted by Gasteiger charge is -2.10. The predicted molar refractivity (Wildman–Crippen MR) is 98.4 cm³/mol. The quantitative estimate of drug-likeness (QED) is 0.717. The van der Waals surface area contributed by atoms with Crippen molar-refractivity contribution in [1.82, 2.24) is 20.2 Å². The van der Waals surface area contributed by atoms with Gasteiger partial charge in [-0.05, 0) is 66.2 Å². The molecule has 8 heteroatoms. The molecule has 26 heavy (non-hydrogen) atoms. The lowest BCUT2D eigenvalue weighted by molar-refractivity contribution is 0.102. The minimum absolute atomic E-state index is 0.211. The van der Waals surface area contributed by atoms with Crippen molar-refractivity contribution >= 4 is 23.2 Å². The molecule has 0 saturated heterocycles. The first-order valence-corrected chi connectivity index (χ1v) is 8.50. The highest BCUT2D eigenvalue weighted by Crippen LogP contribution is 2.23. The summed E-state index contributed by atoms with van der Waals surface area (Å²) in [6.07, 6.45) is 0. The summed E-state index contributed by atoms with van der Waals surface area (Å²) >= 11 is 6.08. The number of halogens is 1. The molecule has 0 bridgehead atoms. The third-order valence-corrected chi connectivity index (χ3v) is 4.32. The summed E-state index contributed by atoms with van der Waals surface area (Å²) in [4.78, 5) is 12.4. The molecule has 0 aliphatic carbocycles. The Morgan fingerprint density at radius 1 is 1.23 bits per heavy atom. The third-order valence-electron chi connectivity index (χ3n) is 3.91. The van der Waals surface area contributed by atoms with Gasteiger partial charge in [-0.15, -0.1) is 5.10 Å². The van der Waals surface area contributed by atoms with Crippen molar-refractivity contribution < 1.29 is 9.53 Å². The van der Waals surface area contributed by atoms with Crippen LogP contribution in [-0.2, 0) is 13.2 Å². The maximum atomic E-state index is 12.4. The number of tetrazole rings is 1. The van der Waals surface area contributed by atoms with Gasteiger partial charge >= 0.3 is 0 Å². The molecule has 0 spiro atoms. The van der Waals surface area contributed by atoms with Crippen molar-refractivity contribution in [2.24, 2.45) is 0 Å². The van der Waals surface area contributed by atoms with Crippen LogP contribution in [-0.4, -0.2) is 26.1 Å². The van der Waals surface area contributed by atoms with Crippen LogP contribution in [0.25, 0.3) is 0 Å². The molecule has 1 N–H and O–H groups in total. The number of carbonyl (C=O) groups excluding carboxylic acids is 1. The van der Waals surface area contributed by atoms with Crippen molar-refractivity contribution in [3.8, 4) is 5.75 Å². The van der Waals surface area contributed by atoms with E-state index < -0.39 is 0 Å². The first kappa shape index (κ1) is 17.9. The summed E-state index contributed by atoms with van der Waals surface area (Å²) in [5.41, 5.74) is 2.04. The van der Waals surface area contributed by atoms with E-state index in [0.717, 1.165) is 5.56 Å². The maximum absolute atomic E-state index is 12.4. The van der Waals surface area contributed by atoms with E-state index in [4.69, 9.17) is 16.3 Å². The second kappa shape index (κ2) is 7.97. The van der Waals surface area contributed by atoms with E-state index >= 15 is 0 Å². The van der Waals surface area contributed by atoms with Gasteiger partial charge < -0.3 is 10.1 Å². The summed E-state index contributed by atoms with van der Waals surface area (Å²) in [7, 11) is 0. The Bertz CT molecular complexity index is 908. The molecule has 0 unspecified atom stereocenters. The molecule has 1 aromatic heterocycles. The molecule has 3 rings (SSSR count). The van der Waals surface area contributed by atoms with Gasteiger partial charge in [-0.1, -0.05) is 17.7 Å². The van der Waals surface area contributed by atoms with Crippen LogP contribution in [0.2, 0.25) is 5.02 Å². The summed E-state index contributed by atoms with van der Waals surface area (Å²) in [6, 6.07) is 12.3. The molecular weight excluding hydrogens is 354 g/mol. The lowest BCUT2D eigenvalue weighted by atomic mass is 10.1. The highest BCUT2D eigenvalue weighted by atomic mass is 35.5. The van der Waals surface area contributed by atoms with Gasteiger partial charge in [0.2, 0.25) is 0 Å². The fraction of sp³-hybridized carbons (Fsp3) is 0.222. The van der Waals surface area contributed by atoms with Crippen molar-refractivity contribution in [1.29, 1.82) is 0 Å². The zero-order valence-corrected chi connectivity index (χ0v) is 15.2. The van der Waals surface area contributed by atoms with Crippen LogP contribution in [0.5, 0.6) is 5.75 Å². The van der Waals surface area contributed by atoms with Gasteiger partial charge in [-0.25, -0.2) is 4.68 Å². The van der Waals surface area contributed by atoms with E-state index in [1.807, 2.05) is 19.9 Å². The SMILES string of the molecule is CCn1nnnc1COc1ccc(C(=O)Nc2cccc(Cl)c2C)cc1. The minimum Gasteiger partial charge on any atom is -0.486 e. The lowest BCUT2D eigenvalue weighted by Crippen LogP contribution is -2.12. The number of ether oxygens (including phenoxy) is 1. The fourth-order valence-electron chi connectivity index (χ4n) is 2.36. The Morgan fingerprint density at radius 2 is 2.00 bits per heavy atom. The van der Waals surface area contributed by atoms with E-state index in [0.29, 0.717) is 34.4 Å². The third kappa shape index (κ3) is 4.00. The predicted octanol–water partition coefficient (Wildman–Crippen LogP) is 3.49. The number of hydrogen-bond donors (Lipinski definition) is 1. The Balaban J connectivity index is 1.63. The molecule has 1 amide bonds. The number of rotatable bonds is 6. The van der Waals surface area contributed by atoms with E-state index in [2.05, 4.69) is 20.8 Å². The molecule has 1 heterocycles. The van der Waals surface area contributed by atoms with Gasteiger partial charge in [0.15, 0.2) is 5.82 Å². The molecule has 0 atom stereocenters. The van der Waals surface area contributed by atoms with Crippen molar-refractivity contribution in [2.75, 3.05) is 5.32 Å². The van der Waals surface area contributed by atoms with Crippen LogP contribution < -0.4 is 10.1 Å². The number of nitrogens with one attached hydrogen (secondary N) is 1. The topological polar surface area (TPSA) is 81.9 Å². The number of benzene rings is 2. The Morgan fingerprint density at radius 3 is 2.73 bits per heavy atom. The Hall–Kier alpha value is -2.93. The van der Waals surface area contributed by atoms with E-state index in [-0.39, 0.29) is 12.5 Å². The minimum atomic E-state index is -0.211. The normalized spacial score (nSPS) is 10.6. The second-order valence-electron chi connectivity index (χ2n) is 5.59. The summed E-state index contributed by atoms with van der Waals surface area (Å²) in [5.74, 6) is 1.06. The van der Waals surface area contributed by atoms with Crippen molar-refractivity contribution in [3.05, 3.63) is 64.4 Å². The van der Waals surface area contributed by atoms with Gasteiger partial charge in [0.05, 0.1) is 0 Å². The molecule has 0 fully saturated rings. The second-order valence-corrected chi connectivity index (χ2v) is 6.00. The molecule has 0 aliphatic rings. The number of carbonyl (C=O) groups is 1. The monoisotopic (exact) mass is 371 g/mol. The van der Waals surface area contributed by atoms with Crippen LogP contribution in [0.1, 0.15) is 28.7 Å². The molecule has 134 valence electrons. The van der Waals surface area contributed by atoms with Crippen LogP contribution in [0, 0.1) is 6.92 Å². The highest BCUT2D eigenvalue weighted by molar-refractivity contribution is 6.31. The van der Waals surface area contributed by atoms with E-state index in [1.54, 1.807) is 41.1 Å². The van der Waals surface area contributed by atoms with Gasteiger partial charge in [-0.3, -0.25) is 4.79 Å². The zero-order chi connectivity index (χ0) is 18.5. The van der Waals surface area contributed by atoms with Gasteiger partial charge in [0, 0.05) is 22.8 Å². The largest absolute Gasteiger partial charge is 0.486 e. The number of nitrogens with zero attached hydrogens (tertiary/aromatic N) is 4. The molecule has 0 saturated carbocycles. The molecule has 7 nitrogen and oxygen atoms in total. The zero-order valence-electron chi connectivity index (χ0n) is 14.4. The fourth-order valence-corrected chi connectivity index (χ4v) is 2.53. The van der Waals surface area contributed by atoms with E-state index in [1.165, 1.54) is 0 Å². The molecule has 3 aromatic rings. The number of aromatic nitrogens is 4. The Kier molecular flexibility index (Phi) is 5.48. The van der Waals surface area contributed by atoms with Crippen LogP contribution in [0.3, 0.4) is 0 Å². The maximum Gasteiger partial charge on any atom is 0.255 e. The molecular formula is C18H18ClN5O2. The smallest absolute Gasteiger partial charge is 0.255 e. The van der Waals surface area contributed by atoms with Crippen LogP contribution in [0.15, 0.2) is 42.5 Å². The number of amides is 1. The first-order valence-electron chi connectivity index (χ1n) is 8.13. The first-order chi connectivity index (χ1) is 12.6. The van der Waals surface area contributed by atoms with Gasteiger partial charge in [0.25, 0.3) is 5.91 Å². The van der Waals surface area contributed by atoms with E-state index in [9.17, 15) is 4.79 Å². The van der Waals surface area contributed by atoms with Crippen LogP contribution >= 0.6 is 11.6 Å². The summed E-state index contributed by atoms with van der Waals surface area (Å²) in [5, 5.41) is 14.9. The highest BCUT2D eigenvalue weighted by Gasteiger charge is 2.10. The summed E-state index contributed by atoms with van der Waals surface area (Å²) < 4.78 is 7.33. The average molecular weight is 372 g/mol. The van der Waals surface area contributed by atoms with Gasteiger partial charge in [-0.2, -0.15) is 0 Å². The van der Waals surface area contributed by atoms with Crippen molar-refractivity contribution in [2.45, 2.75) is 27.0 Å². The standard InChI is InChI=1S/C18H18ClN5O2/c1-3-24-17(21-22-23-24)11-26-14-9-7-13(8-10-14)18(25)20-16-6-4-5-15(19)12(16)2/h4-10H,3,11H2,1-2H3,(H,20,25).